The van der Waals surface area contributed by atoms with Gasteiger partial charge in [-0.3, -0.25) is 10.1 Å². The number of carboxylic acids is 1. The fourth-order valence-electron chi connectivity index (χ4n) is 1.60. The van der Waals surface area contributed by atoms with Gasteiger partial charge in [-0.15, -0.1) is 0 Å². The van der Waals surface area contributed by atoms with Gasteiger partial charge in [0.15, 0.2) is 11.4 Å². The fraction of sp³-hybridized carbons (Fsp3) is 0.0769. The van der Waals surface area contributed by atoms with Crippen LogP contribution in [-0.4, -0.2) is 28.1 Å². The molecule has 0 aliphatic carbocycles. The maximum atomic E-state index is 10.9. The Balaban J connectivity index is 2.31. The Kier molecular flexibility index (Phi) is 3.98. The molecule has 2 aromatic rings. The second-order valence-electron chi connectivity index (χ2n) is 3.87. The third kappa shape index (κ3) is 3.24. The summed E-state index contributed by atoms with van der Waals surface area (Å²) in [4.78, 5) is 24.8. The number of aromatic carboxylic acids is 1. The van der Waals surface area contributed by atoms with E-state index in [-0.39, 0.29) is 28.6 Å². The van der Waals surface area contributed by atoms with Gasteiger partial charge in [0.25, 0.3) is 0 Å². The molecule has 0 atom stereocenters. The van der Waals surface area contributed by atoms with Gasteiger partial charge >= 0.3 is 11.7 Å². The van der Waals surface area contributed by atoms with Gasteiger partial charge in [-0.2, -0.15) is 0 Å². The smallest absolute Gasteiger partial charge is 0.354 e. The van der Waals surface area contributed by atoms with Crippen LogP contribution >= 0.6 is 0 Å². The number of hydrogen-bond acceptors (Lipinski definition) is 6. The topological polar surface area (TPSA) is 112 Å². The van der Waals surface area contributed by atoms with E-state index in [2.05, 4.69) is 4.98 Å². The van der Waals surface area contributed by atoms with Gasteiger partial charge in [-0.25, -0.2) is 9.78 Å². The van der Waals surface area contributed by atoms with E-state index in [4.69, 9.17) is 14.6 Å². The SMILES string of the molecule is COc1ccc(Oc2ccnc(C(=O)O)c2)cc1[N+](=O)[O-]. The molecule has 1 heterocycles. The standard InChI is InChI=1S/C13H10N2O6/c1-20-12-3-2-8(7-11(12)15(18)19)21-9-4-5-14-10(6-9)13(16)17/h2-7H,1H3,(H,16,17). The highest BCUT2D eigenvalue weighted by atomic mass is 16.6. The Morgan fingerprint density at radius 2 is 2.00 bits per heavy atom. The maximum Gasteiger partial charge on any atom is 0.354 e. The molecule has 108 valence electrons. The summed E-state index contributed by atoms with van der Waals surface area (Å²) in [5.41, 5.74) is -0.432. The molecular formula is C13H10N2O6. The summed E-state index contributed by atoms with van der Waals surface area (Å²) in [6.07, 6.45) is 1.27. The first-order chi connectivity index (χ1) is 10.0. The highest BCUT2D eigenvalue weighted by Crippen LogP contribution is 2.32. The minimum atomic E-state index is -1.19. The van der Waals surface area contributed by atoms with Crippen LogP contribution in [0.1, 0.15) is 10.5 Å². The number of ether oxygens (including phenoxy) is 2. The Morgan fingerprint density at radius 1 is 1.29 bits per heavy atom. The van der Waals surface area contributed by atoms with Crippen molar-refractivity contribution in [1.82, 2.24) is 4.98 Å². The molecule has 8 nitrogen and oxygen atoms in total. The molecule has 21 heavy (non-hydrogen) atoms. The molecule has 0 bridgehead atoms. The number of carboxylic acid groups (broad SMARTS) is 1. The Hall–Kier alpha value is -3.16. The summed E-state index contributed by atoms with van der Waals surface area (Å²) in [5.74, 6) is -0.693. The van der Waals surface area contributed by atoms with Crippen LogP contribution in [0.3, 0.4) is 0 Å². The minimum absolute atomic E-state index is 0.105. The molecule has 0 spiro atoms. The van der Waals surface area contributed by atoms with Gasteiger partial charge in [-0.05, 0) is 18.2 Å². The van der Waals surface area contributed by atoms with Gasteiger partial charge in [0.05, 0.1) is 18.1 Å². The second kappa shape index (κ2) is 5.87. The molecule has 1 aromatic carbocycles. The van der Waals surface area contributed by atoms with Crippen LogP contribution in [-0.2, 0) is 0 Å². The number of aromatic nitrogens is 1. The van der Waals surface area contributed by atoms with Gasteiger partial charge < -0.3 is 14.6 Å². The minimum Gasteiger partial charge on any atom is -0.490 e. The molecule has 0 saturated heterocycles. The third-order valence-corrected chi connectivity index (χ3v) is 2.53. The van der Waals surface area contributed by atoms with E-state index in [0.29, 0.717) is 0 Å². The van der Waals surface area contributed by atoms with Crippen molar-refractivity contribution >= 4 is 11.7 Å². The van der Waals surface area contributed by atoms with E-state index in [0.717, 1.165) is 0 Å². The number of carbonyl (C=O) groups is 1. The molecule has 1 aromatic heterocycles. The Labute approximate surface area is 118 Å². The quantitative estimate of drug-likeness (QED) is 0.664. The zero-order valence-electron chi connectivity index (χ0n) is 10.8. The van der Waals surface area contributed by atoms with Crippen LogP contribution in [0.4, 0.5) is 5.69 Å². The summed E-state index contributed by atoms with van der Waals surface area (Å²) in [6.45, 7) is 0. The Bertz CT molecular complexity index is 701. The lowest BCUT2D eigenvalue weighted by molar-refractivity contribution is -0.385. The molecular weight excluding hydrogens is 280 g/mol. The van der Waals surface area contributed by atoms with Crippen molar-refractivity contribution in [3.8, 4) is 17.2 Å². The zero-order valence-corrected chi connectivity index (χ0v) is 10.8. The first-order valence-corrected chi connectivity index (χ1v) is 5.71. The number of methoxy groups -OCH3 is 1. The third-order valence-electron chi connectivity index (χ3n) is 2.53. The van der Waals surface area contributed by atoms with Crippen LogP contribution < -0.4 is 9.47 Å². The normalized spacial score (nSPS) is 9.95. The van der Waals surface area contributed by atoms with E-state index in [1.165, 1.54) is 43.6 Å². The van der Waals surface area contributed by atoms with E-state index in [9.17, 15) is 14.9 Å². The highest BCUT2D eigenvalue weighted by Gasteiger charge is 2.16. The number of nitro benzene ring substituents is 1. The van der Waals surface area contributed by atoms with Crippen molar-refractivity contribution in [3.05, 3.63) is 52.3 Å². The molecule has 8 heteroatoms. The van der Waals surface area contributed by atoms with E-state index < -0.39 is 10.9 Å². The number of nitrogens with zero attached hydrogens (tertiary/aromatic N) is 2. The average Bonchev–Trinajstić information content (AvgIpc) is 2.47. The van der Waals surface area contributed by atoms with Crippen LogP contribution in [0.25, 0.3) is 0 Å². The monoisotopic (exact) mass is 290 g/mol. The van der Waals surface area contributed by atoms with Crippen molar-refractivity contribution < 1.29 is 24.3 Å². The molecule has 0 amide bonds. The fourth-order valence-corrected chi connectivity index (χ4v) is 1.60. The van der Waals surface area contributed by atoms with Crippen molar-refractivity contribution in [2.24, 2.45) is 0 Å². The number of nitro groups is 1. The summed E-state index contributed by atoms with van der Waals surface area (Å²) in [7, 11) is 1.32. The van der Waals surface area contributed by atoms with Crippen LogP contribution in [0.15, 0.2) is 36.5 Å². The van der Waals surface area contributed by atoms with E-state index in [1.807, 2.05) is 0 Å². The lowest BCUT2D eigenvalue weighted by Crippen LogP contribution is -2.00. The number of pyridine rings is 1. The predicted octanol–water partition coefficient (Wildman–Crippen LogP) is 2.49. The average molecular weight is 290 g/mol. The molecule has 0 fully saturated rings. The van der Waals surface area contributed by atoms with Gasteiger partial charge in [0.2, 0.25) is 0 Å². The highest BCUT2D eigenvalue weighted by molar-refractivity contribution is 5.85. The van der Waals surface area contributed by atoms with Crippen molar-refractivity contribution in [3.63, 3.8) is 0 Å². The van der Waals surface area contributed by atoms with E-state index in [1.54, 1.807) is 0 Å². The van der Waals surface area contributed by atoms with Gasteiger partial charge in [0.1, 0.15) is 11.5 Å². The second-order valence-corrected chi connectivity index (χ2v) is 3.87. The molecule has 0 aliphatic heterocycles. The van der Waals surface area contributed by atoms with Gasteiger partial charge in [-0.1, -0.05) is 0 Å². The summed E-state index contributed by atoms with van der Waals surface area (Å²) in [6, 6.07) is 6.74. The first-order valence-electron chi connectivity index (χ1n) is 5.71. The summed E-state index contributed by atoms with van der Waals surface area (Å²) < 4.78 is 10.3. The van der Waals surface area contributed by atoms with Crippen molar-refractivity contribution in [2.45, 2.75) is 0 Å². The molecule has 1 N–H and O–H groups in total. The molecule has 2 rings (SSSR count). The maximum absolute atomic E-state index is 10.9. The largest absolute Gasteiger partial charge is 0.490 e. The number of benzene rings is 1. The van der Waals surface area contributed by atoms with E-state index >= 15 is 0 Å². The number of hydrogen-bond donors (Lipinski definition) is 1. The van der Waals surface area contributed by atoms with Crippen molar-refractivity contribution in [1.29, 1.82) is 0 Å². The molecule has 0 aliphatic rings. The van der Waals surface area contributed by atoms with Gasteiger partial charge in [0, 0.05) is 12.3 Å². The number of rotatable bonds is 5. The predicted molar refractivity (Wildman–Crippen MR) is 70.9 cm³/mol. The molecule has 0 radical (unpaired) electrons. The Morgan fingerprint density at radius 3 is 2.62 bits per heavy atom. The summed E-state index contributed by atoms with van der Waals surface area (Å²) in [5, 5.41) is 19.7. The van der Waals surface area contributed by atoms with Crippen LogP contribution in [0, 0.1) is 10.1 Å². The lowest BCUT2D eigenvalue weighted by Gasteiger charge is -2.07. The first kappa shape index (κ1) is 14.3. The zero-order chi connectivity index (χ0) is 15.4. The summed E-state index contributed by atoms with van der Waals surface area (Å²) >= 11 is 0. The van der Waals surface area contributed by atoms with Crippen molar-refractivity contribution in [2.75, 3.05) is 7.11 Å². The van der Waals surface area contributed by atoms with Crippen LogP contribution in [0.5, 0.6) is 17.2 Å². The molecule has 0 saturated carbocycles. The molecule has 0 unspecified atom stereocenters. The van der Waals surface area contributed by atoms with Crippen LogP contribution in [0.2, 0.25) is 0 Å². The lowest BCUT2D eigenvalue weighted by atomic mass is 10.2.